The minimum absolute atomic E-state index is 0.115. The zero-order valence-electron chi connectivity index (χ0n) is 12.4. The number of rotatable bonds is 5. The Bertz CT molecular complexity index is 603. The molecule has 0 aliphatic carbocycles. The van der Waals surface area contributed by atoms with Gasteiger partial charge in [-0.15, -0.1) is 6.58 Å². The molecule has 2 atom stereocenters. The third-order valence-electron chi connectivity index (χ3n) is 3.15. The maximum absolute atomic E-state index is 12.1. The lowest BCUT2D eigenvalue weighted by molar-refractivity contribution is -0.145. The number of benzene rings is 1. The second-order valence-electron chi connectivity index (χ2n) is 5.43. The second kappa shape index (κ2) is 5.88. The Labute approximate surface area is 125 Å². The first kappa shape index (κ1) is 16.2. The molecule has 0 bridgehead atoms. The van der Waals surface area contributed by atoms with Crippen molar-refractivity contribution in [3.63, 3.8) is 0 Å². The summed E-state index contributed by atoms with van der Waals surface area (Å²) in [7, 11) is -3.80. The van der Waals surface area contributed by atoms with Crippen molar-refractivity contribution in [2.24, 2.45) is 0 Å². The molecule has 1 aromatic rings. The minimum atomic E-state index is -3.80. The highest BCUT2D eigenvalue weighted by molar-refractivity contribution is 7.86. The van der Waals surface area contributed by atoms with E-state index in [1.54, 1.807) is 32.1 Å². The Morgan fingerprint density at radius 2 is 1.90 bits per heavy atom. The smallest absolute Gasteiger partial charge is 0.297 e. The van der Waals surface area contributed by atoms with Crippen LogP contribution in [0.5, 0.6) is 0 Å². The van der Waals surface area contributed by atoms with Crippen molar-refractivity contribution in [3.8, 4) is 0 Å². The number of ether oxygens (including phenoxy) is 2. The Hall–Kier alpha value is -1.21. The maximum atomic E-state index is 12.1. The molecular formula is C15H20O5S. The van der Waals surface area contributed by atoms with Crippen LogP contribution in [0.25, 0.3) is 0 Å². The van der Waals surface area contributed by atoms with Crippen LogP contribution in [0.1, 0.15) is 19.4 Å². The molecule has 2 rings (SSSR count). The summed E-state index contributed by atoms with van der Waals surface area (Å²) in [5.41, 5.74) is 0.981. The molecule has 0 saturated carbocycles. The van der Waals surface area contributed by atoms with E-state index < -0.39 is 28.1 Å². The van der Waals surface area contributed by atoms with E-state index >= 15 is 0 Å². The van der Waals surface area contributed by atoms with Gasteiger partial charge in [0.2, 0.25) is 0 Å². The Balaban J connectivity index is 2.05. The topological polar surface area (TPSA) is 61.8 Å². The van der Waals surface area contributed by atoms with Crippen molar-refractivity contribution in [3.05, 3.63) is 42.5 Å². The van der Waals surface area contributed by atoms with E-state index in [2.05, 4.69) is 6.58 Å². The molecule has 1 fully saturated rings. The van der Waals surface area contributed by atoms with Crippen molar-refractivity contribution in [2.75, 3.05) is 6.61 Å². The van der Waals surface area contributed by atoms with Crippen molar-refractivity contribution in [1.82, 2.24) is 0 Å². The predicted octanol–water partition coefficient (Wildman–Crippen LogP) is 2.41. The SMILES string of the molecule is C=C[C@H]1OC(C)(C)O[C@@H]1COS(=O)(=O)c1ccc(C)cc1. The second-order valence-corrected chi connectivity index (χ2v) is 7.04. The monoisotopic (exact) mass is 312 g/mol. The average molecular weight is 312 g/mol. The van der Waals surface area contributed by atoms with Gasteiger partial charge in [-0.25, -0.2) is 0 Å². The summed E-state index contributed by atoms with van der Waals surface area (Å²) in [5.74, 6) is -0.777. The molecule has 1 aliphatic rings. The Kier molecular flexibility index (Phi) is 4.53. The van der Waals surface area contributed by atoms with Crippen LogP contribution in [0.2, 0.25) is 0 Å². The number of hydrogen-bond acceptors (Lipinski definition) is 5. The summed E-state index contributed by atoms with van der Waals surface area (Å²) < 4.78 is 40.5. The third kappa shape index (κ3) is 3.91. The molecule has 0 unspecified atom stereocenters. The molecule has 5 nitrogen and oxygen atoms in total. The fourth-order valence-corrected chi connectivity index (χ4v) is 3.04. The molecule has 6 heteroatoms. The highest BCUT2D eigenvalue weighted by Crippen LogP contribution is 2.29. The van der Waals surface area contributed by atoms with Gasteiger partial charge in [0.1, 0.15) is 12.2 Å². The van der Waals surface area contributed by atoms with Crippen LogP contribution in [0, 0.1) is 6.92 Å². The van der Waals surface area contributed by atoms with E-state index in [9.17, 15) is 8.42 Å². The first-order chi connectivity index (χ1) is 9.73. The summed E-state index contributed by atoms with van der Waals surface area (Å²) in [5, 5.41) is 0. The molecule has 116 valence electrons. The molecule has 1 aliphatic heterocycles. The van der Waals surface area contributed by atoms with E-state index in [-0.39, 0.29) is 11.5 Å². The van der Waals surface area contributed by atoms with Gasteiger partial charge < -0.3 is 9.47 Å². The van der Waals surface area contributed by atoms with Crippen LogP contribution in [-0.4, -0.2) is 33.0 Å². The van der Waals surface area contributed by atoms with Gasteiger partial charge in [-0.3, -0.25) is 4.18 Å². The van der Waals surface area contributed by atoms with Gasteiger partial charge in [0.05, 0.1) is 11.5 Å². The molecule has 21 heavy (non-hydrogen) atoms. The molecule has 1 saturated heterocycles. The zero-order valence-corrected chi connectivity index (χ0v) is 13.2. The van der Waals surface area contributed by atoms with Gasteiger partial charge in [0, 0.05) is 0 Å². The number of aryl methyl sites for hydroxylation is 1. The van der Waals surface area contributed by atoms with Crippen LogP contribution < -0.4 is 0 Å². The Morgan fingerprint density at radius 3 is 2.48 bits per heavy atom. The van der Waals surface area contributed by atoms with Gasteiger partial charge >= 0.3 is 0 Å². The summed E-state index contributed by atoms with van der Waals surface area (Å²) in [4.78, 5) is 0.126. The molecular weight excluding hydrogens is 292 g/mol. The average Bonchev–Trinajstić information content (AvgIpc) is 2.72. The van der Waals surface area contributed by atoms with E-state index in [1.807, 2.05) is 6.92 Å². The van der Waals surface area contributed by atoms with Crippen LogP contribution in [-0.2, 0) is 23.8 Å². The van der Waals surface area contributed by atoms with Crippen LogP contribution >= 0.6 is 0 Å². The predicted molar refractivity (Wildman–Crippen MR) is 78.3 cm³/mol. The van der Waals surface area contributed by atoms with E-state index in [1.165, 1.54) is 12.1 Å². The largest absolute Gasteiger partial charge is 0.342 e. The first-order valence-electron chi connectivity index (χ1n) is 6.68. The standard InChI is InChI=1S/C15H20O5S/c1-5-13-14(20-15(3,4)19-13)10-18-21(16,17)12-8-6-11(2)7-9-12/h5-9,13-14H,1,10H2,2-4H3/t13-,14-/m1/s1. The summed E-state index contributed by atoms with van der Waals surface area (Å²) in [6.07, 6.45) is 0.687. The molecule has 1 heterocycles. The van der Waals surface area contributed by atoms with Crippen LogP contribution in [0.15, 0.2) is 41.8 Å². The summed E-state index contributed by atoms with van der Waals surface area (Å²) >= 11 is 0. The Morgan fingerprint density at radius 1 is 1.29 bits per heavy atom. The molecule has 0 N–H and O–H groups in total. The van der Waals surface area contributed by atoms with Gasteiger partial charge in [0.25, 0.3) is 10.1 Å². The highest BCUT2D eigenvalue weighted by atomic mass is 32.2. The van der Waals surface area contributed by atoms with Crippen molar-refractivity contribution in [2.45, 2.75) is 43.7 Å². The van der Waals surface area contributed by atoms with E-state index in [0.29, 0.717) is 0 Å². The lowest BCUT2D eigenvalue weighted by atomic mass is 10.2. The molecule has 1 aromatic carbocycles. The highest BCUT2D eigenvalue weighted by Gasteiger charge is 2.40. The van der Waals surface area contributed by atoms with Gasteiger partial charge in [-0.2, -0.15) is 8.42 Å². The van der Waals surface area contributed by atoms with E-state index in [4.69, 9.17) is 13.7 Å². The maximum Gasteiger partial charge on any atom is 0.297 e. The van der Waals surface area contributed by atoms with Crippen molar-refractivity contribution in [1.29, 1.82) is 0 Å². The molecule has 0 amide bonds. The van der Waals surface area contributed by atoms with Gasteiger partial charge in [0.15, 0.2) is 5.79 Å². The van der Waals surface area contributed by atoms with Crippen molar-refractivity contribution < 1.29 is 22.1 Å². The number of hydrogen-bond donors (Lipinski definition) is 0. The summed E-state index contributed by atoms with van der Waals surface area (Å²) in [6.45, 7) is 8.96. The first-order valence-corrected chi connectivity index (χ1v) is 8.09. The molecule has 0 aromatic heterocycles. The molecule has 0 radical (unpaired) electrons. The fraction of sp³-hybridized carbons (Fsp3) is 0.467. The fourth-order valence-electron chi connectivity index (χ4n) is 2.12. The summed E-state index contributed by atoms with van der Waals surface area (Å²) in [6, 6.07) is 6.49. The van der Waals surface area contributed by atoms with Crippen molar-refractivity contribution >= 4 is 10.1 Å². The normalized spacial score (nSPS) is 24.9. The van der Waals surface area contributed by atoms with Gasteiger partial charge in [-0.1, -0.05) is 23.8 Å². The third-order valence-corrected chi connectivity index (χ3v) is 4.45. The lowest BCUT2D eigenvalue weighted by Crippen LogP contribution is -2.28. The van der Waals surface area contributed by atoms with Crippen LogP contribution in [0.3, 0.4) is 0 Å². The lowest BCUT2D eigenvalue weighted by Gasteiger charge is -2.16. The van der Waals surface area contributed by atoms with Crippen LogP contribution in [0.4, 0.5) is 0 Å². The minimum Gasteiger partial charge on any atom is -0.342 e. The van der Waals surface area contributed by atoms with E-state index in [0.717, 1.165) is 5.56 Å². The molecule has 0 spiro atoms. The van der Waals surface area contributed by atoms with Gasteiger partial charge in [-0.05, 0) is 32.9 Å². The quantitative estimate of drug-likeness (QED) is 0.617. The zero-order chi connectivity index (χ0) is 15.7.